The summed E-state index contributed by atoms with van der Waals surface area (Å²) in [5.74, 6) is -1.87. The molecule has 0 spiro atoms. The zero-order valence-electron chi connectivity index (χ0n) is 13.9. The number of hydrogen-bond donors (Lipinski definition) is 1. The quantitative estimate of drug-likeness (QED) is 0.619. The van der Waals surface area contributed by atoms with Gasteiger partial charge in [-0.05, 0) is 31.2 Å². The zero-order valence-corrected chi connectivity index (χ0v) is 14.7. The van der Waals surface area contributed by atoms with Crippen LogP contribution >= 0.6 is 0 Å². The minimum absolute atomic E-state index is 0.0653. The van der Waals surface area contributed by atoms with Gasteiger partial charge in [0, 0.05) is 12.4 Å². The third-order valence-electron chi connectivity index (χ3n) is 3.21. The summed E-state index contributed by atoms with van der Waals surface area (Å²) in [6.45, 7) is 1.64. The first-order valence-corrected chi connectivity index (χ1v) is 9.07. The lowest BCUT2D eigenvalue weighted by molar-refractivity contribution is 0.0525. The number of hydrogen-bond acceptors (Lipinski definition) is 8. The molecular weight excluding hydrogens is 379 g/mol. The number of benzene rings is 1. The highest BCUT2D eigenvalue weighted by Gasteiger charge is 2.22. The number of nitrogens with one attached hydrogen (secondary N) is 1. The molecule has 1 aromatic carbocycles. The van der Waals surface area contributed by atoms with E-state index in [9.17, 15) is 17.6 Å². The van der Waals surface area contributed by atoms with Crippen molar-refractivity contribution in [1.29, 1.82) is 0 Å². The predicted molar refractivity (Wildman–Crippen MR) is 90.1 cm³/mol. The van der Waals surface area contributed by atoms with Gasteiger partial charge in [0.15, 0.2) is 0 Å². The first-order chi connectivity index (χ1) is 12.9. The third kappa shape index (κ3) is 4.06. The van der Waals surface area contributed by atoms with E-state index >= 15 is 0 Å². The summed E-state index contributed by atoms with van der Waals surface area (Å²) in [5, 5.41) is 3.86. The molecule has 2 aromatic heterocycles. The Hall–Kier alpha value is -3.41. The Morgan fingerprint density at radius 1 is 1.22 bits per heavy atom. The number of ether oxygens (including phenoxy) is 1. The lowest BCUT2D eigenvalue weighted by Crippen LogP contribution is -2.18. The second-order valence-electron chi connectivity index (χ2n) is 5.05. The summed E-state index contributed by atoms with van der Waals surface area (Å²) in [4.78, 5) is 23.0. The number of carbonyl (C=O) groups is 1. The third-order valence-corrected chi connectivity index (χ3v) is 4.52. The van der Waals surface area contributed by atoms with Crippen LogP contribution in [0.4, 0.5) is 10.3 Å². The fourth-order valence-corrected chi connectivity index (χ4v) is 3.13. The first-order valence-electron chi connectivity index (χ1n) is 7.58. The van der Waals surface area contributed by atoms with Crippen LogP contribution in [0, 0.1) is 5.82 Å². The maximum Gasteiger partial charge on any atom is 0.338 e. The Labute approximate surface area is 153 Å². The van der Waals surface area contributed by atoms with Crippen LogP contribution in [0.1, 0.15) is 17.3 Å². The lowest BCUT2D eigenvalue weighted by Gasteiger charge is -2.09. The normalized spacial score (nSPS) is 11.2. The van der Waals surface area contributed by atoms with Crippen LogP contribution < -0.4 is 4.72 Å². The number of carbonyl (C=O) groups excluding carboxylic acids is 1. The van der Waals surface area contributed by atoms with Crippen molar-refractivity contribution in [2.75, 3.05) is 11.3 Å². The number of anilines is 1. The molecular formula is C15H13FN6O4S. The fourth-order valence-electron chi connectivity index (χ4n) is 2.09. The molecule has 0 radical (unpaired) electrons. The smallest absolute Gasteiger partial charge is 0.338 e. The molecule has 0 amide bonds. The van der Waals surface area contributed by atoms with Crippen LogP contribution in [0.5, 0.6) is 0 Å². The fraction of sp³-hybridized carbons (Fsp3) is 0.133. The van der Waals surface area contributed by atoms with Gasteiger partial charge in [0.1, 0.15) is 12.1 Å². The van der Waals surface area contributed by atoms with Crippen LogP contribution in [0.3, 0.4) is 0 Å². The first kappa shape index (κ1) is 18.4. The summed E-state index contributed by atoms with van der Waals surface area (Å²) in [5.41, 5.74) is -0.231. The van der Waals surface area contributed by atoms with E-state index in [1.807, 2.05) is 0 Å². The second kappa shape index (κ2) is 7.45. The molecule has 140 valence electrons. The minimum atomic E-state index is -4.28. The number of halogens is 1. The molecule has 3 rings (SSSR count). The van der Waals surface area contributed by atoms with E-state index in [0.717, 1.165) is 29.2 Å². The Bertz CT molecular complexity index is 1070. The average molecular weight is 392 g/mol. The van der Waals surface area contributed by atoms with Gasteiger partial charge in [-0.2, -0.15) is 14.8 Å². The van der Waals surface area contributed by atoms with Crippen molar-refractivity contribution in [2.45, 2.75) is 11.8 Å². The molecule has 0 unspecified atom stereocenters. The van der Waals surface area contributed by atoms with Gasteiger partial charge in [-0.3, -0.25) is 0 Å². The van der Waals surface area contributed by atoms with Crippen molar-refractivity contribution >= 4 is 21.9 Å². The maximum absolute atomic E-state index is 13.8. The van der Waals surface area contributed by atoms with Crippen molar-refractivity contribution in [3.05, 3.63) is 54.4 Å². The minimum Gasteiger partial charge on any atom is -0.462 e. The molecule has 0 atom stereocenters. The molecule has 10 nitrogen and oxygen atoms in total. The van der Waals surface area contributed by atoms with Gasteiger partial charge in [-0.15, -0.1) is 0 Å². The Morgan fingerprint density at radius 2 is 1.96 bits per heavy atom. The highest BCUT2D eigenvalue weighted by Crippen LogP contribution is 2.19. The number of aromatic nitrogens is 5. The van der Waals surface area contributed by atoms with Gasteiger partial charge < -0.3 is 4.74 Å². The van der Waals surface area contributed by atoms with Gasteiger partial charge in [0.05, 0.1) is 17.1 Å². The molecule has 1 N–H and O–H groups in total. The van der Waals surface area contributed by atoms with Gasteiger partial charge in [-0.1, -0.05) is 0 Å². The molecule has 0 saturated heterocycles. The Balaban J connectivity index is 1.95. The van der Waals surface area contributed by atoms with E-state index in [1.54, 1.807) is 13.0 Å². The van der Waals surface area contributed by atoms with Crippen LogP contribution in [0.25, 0.3) is 5.95 Å². The van der Waals surface area contributed by atoms with Crippen LogP contribution in [-0.4, -0.2) is 45.7 Å². The Morgan fingerprint density at radius 3 is 2.67 bits per heavy atom. The van der Waals surface area contributed by atoms with E-state index < -0.39 is 26.7 Å². The molecule has 12 heteroatoms. The summed E-state index contributed by atoms with van der Waals surface area (Å²) < 4.78 is 47.1. The van der Waals surface area contributed by atoms with Crippen LogP contribution in [0.15, 0.2) is 47.9 Å². The average Bonchev–Trinajstić information content (AvgIpc) is 3.09. The van der Waals surface area contributed by atoms with Crippen LogP contribution in [-0.2, 0) is 14.8 Å². The van der Waals surface area contributed by atoms with E-state index in [2.05, 4.69) is 24.8 Å². The topological polar surface area (TPSA) is 129 Å². The summed E-state index contributed by atoms with van der Waals surface area (Å²) >= 11 is 0. The number of nitrogens with zero attached hydrogens (tertiary/aromatic N) is 5. The number of sulfonamides is 1. The van der Waals surface area contributed by atoms with Crippen molar-refractivity contribution < 1.29 is 22.3 Å². The van der Waals surface area contributed by atoms with Gasteiger partial charge in [0.2, 0.25) is 5.95 Å². The van der Waals surface area contributed by atoms with Crippen molar-refractivity contribution in [2.24, 2.45) is 0 Å². The largest absolute Gasteiger partial charge is 0.462 e. The van der Waals surface area contributed by atoms with E-state index in [4.69, 9.17) is 4.74 Å². The van der Waals surface area contributed by atoms with Crippen molar-refractivity contribution in [3.8, 4) is 5.95 Å². The maximum atomic E-state index is 13.8. The molecule has 3 aromatic rings. The Kier molecular flexibility index (Phi) is 5.07. The zero-order chi connectivity index (χ0) is 19.4. The monoisotopic (exact) mass is 392 g/mol. The molecule has 27 heavy (non-hydrogen) atoms. The lowest BCUT2D eigenvalue weighted by atomic mass is 10.2. The number of rotatable bonds is 6. The highest BCUT2D eigenvalue weighted by molar-refractivity contribution is 7.92. The molecule has 0 aliphatic carbocycles. The SMILES string of the molecule is CCOC(=O)c1cc(F)cc(S(=O)(=O)Nc2ncnn2-c2ncccn2)c1. The van der Waals surface area contributed by atoms with Gasteiger partial charge in [-0.25, -0.2) is 32.3 Å². The van der Waals surface area contributed by atoms with Crippen molar-refractivity contribution in [1.82, 2.24) is 24.7 Å². The van der Waals surface area contributed by atoms with E-state index in [0.29, 0.717) is 0 Å². The van der Waals surface area contributed by atoms with Crippen molar-refractivity contribution in [3.63, 3.8) is 0 Å². The number of esters is 1. The predicted octanol–water partition coefficient (Wildman–Crippen LogP) is 1.17. The second-order valence-corrected chi connectivity index (χ2v) is 6.73. The van der Waals surface area contributed by atoms with E-state index in [-0.39, 0.29) is 24.1 Å². The standard InChI is InChI=1S/C15H13FN6O4S/c1-2-26-13(23)10-6-11(16)8-12(7-10)27(24,25)21-15-19-9-20-22(15)14-17-4-3-5-18-14/h3-9H,2H2,1H3,(H,19,20,21). The van der Waals surface area contributed by atoms with Gasteiger partial charge >= 0.3 is 5.97 Å². The molecule has 2 heterocycles. The molecule has 0 fully saturated rings. The van der Waals surface area contributed by atoms with Gasteiger partial charge in [0.25, 0.3) is 16.0 Å². The highest BCUT2D eigenvalue weighted by atomic mass is 32.2. The summed E-state index contributed by atoms with van der Waals surface area (Å²) in [6.07, 6.45) is 3.99. The summed E-state index contributed by atoms with van der Waals surface area (Å²) in [7, 11) is -4.28. The molecule has 0 aliphatic heterocycles. The summed E-state index contributed by atoms with van der Waals surface area (Å²) in [6, 6.07) is 4.24. The molecule has 0 bridgehead atoms. The van der Waals surface area contributed by atoms with E-state index in [1.165, 1.54) is 12.4 Å². The molecule has 0 aliphatic rings. The molecule has 0 saturated carbocycles. The van der Waals surface area contributed by atoms with Crippen LogP contribution in [0.2, 0.25) is 0 Å².